The summed E-state index contributed by atoms with van der Waals surface area (Å²) in [5.74, 6) is 1.61. The highest BCUT2D eigenvalue weighted by atomic mass is 16.4. The third kappa shape index (κ3) is 2.92. The van der Waals surface area contributed by atoms with E-state index in [0.29, 0.717) is 11.4 Å². The molecule has 16 heavy (non-hydrogen) atoms. The van der Waals surface area contributed by atoms with E-state index in [1.807, 2.05) is 0 Å². The molecule has 0 aliphatic carbocycles. The van der Waals surface area contributed by atoms with Crippen LogP contribution in [0.2, 0.25) is 0 Å². The number of nitrogens with zero attached hydrogens (tertiary/aromatic N) is 4. The van der Waals surface area contributed by atoms with Crippen molar-refractivity contribution in [1.82, 2.24) is 15.2 Å². The second kappa shape index (κ2) is 5.07. The van der Waals surface area contributed by atoms with Crippen molar-refractivity contribution >= 4 is 11.9 Å². The topological polar surface area (TPSA) is 79.2 Å². The Morgan fingerprint density at radius 2 is 2.12 bits per heavy atom. The van der Waals surface area contributed by atoms with Crippen LogP contribution in [0.25, 0.3) is 0 Å². The van der Waals surface area contributed by atoms with Gasteiger partial charge in [-0.2, -0.15) is 5.10 Å². The molecule has 1 N–H and O–H groups in total. The molecule has 0 saturated carbocycles. The largest absolute Gasteiger partial charge is 0.480 e. The Bertz CT molecular complexity index is 439. The van der Waals surface area contributed by atoms with Crippen LogP contribution in [0.5, 0.6) is 0 Å². The van der Waals surface area contributed by atoms with Crippen LogP contribution in [0, 0.1) is 26.2 Å². The van der Waals surface area contributed by atoms with Gasteiger partial charge >= 0.3 is 5.97 Å². The molecule has 0 fully saturated rings. The Morgan fingerprint density at radius 3 is 2.62 bits per heavy atom. The van der Waals surface area contributed by atoms with Gasteiger partial charge < -0.3 is 10.0 Å². The molecule has 1 heterocycles. The molecule has 0 amide bonds. The van der Waals surface area contributed by atoms with Crippen LogP contribution in [0.4, 0.5) is 5.95 Å². The minimum Gasteiger partial charge on any atom is -0.480 e. The molecule has 1 rings (SSSR count). The first-order valence-corrected chi connectivity index (χ1v) is 4.62. The minimum absolute atomic E-state index is 0.135. The zero-order valence-electron chi connectivity index (χ0n) is 9.14. The summed E-state index contributed by atoms with van der Waals surface area (Å²) in [6, 6.07) is 0. The van der Waals surface area contributed by atoms with E-state index in [0.717, 1.165) is 0 Å². The van der Waals surface area contributed by atoms with Crippen molar-refractivity contribution in [3.05, 3.63) is 11.4 Å². The van der Waals surface area contributed by atoms with Crippen molar-refractivity contribution < 1.29 is 9.90 Å². The molecule has 6 heteroatoms. The van der Waals surface area contributed by atoms with Gasteiger partial charge in [-0.3, -0.25) is 4.79 Å². The summed E-state index contributed by atoms with van der Waals surface area (Å²) >= 11 is 0. The maximum absolute atomic E-state index is 10.6. The first-order valence-electron chi connectivity index (χ1n) is 4.62. The molecule has 0 aliphatic rings. The first kappa shape index (κ1) is 11.9. The minimum atomic E-state index is -0.989. The Balaban J connectivity index is 2.97. The van der Waals surface area contributed by atoms with Crippen molar-refractivity contribution in [3.8, 4) is 12.3 Å². The molecule has 0 atom stereocenters. The Morgan fingerprint density at radius 1 is 1.44 bits per heavy atom. The van der Waals surface area contributed by atoms with Crippen molar-refractivity contribution in [2.75, 3.05) is 18.0 Å². The van der Waals surface area contributed by atoms with Crippen LogP contribution in [0.3, 0.4) is 0 Å². The average molecular weight is 220 g/mol. The maximum Gasteiger partial charge on any atom is 0.323 e. The number of hydrogen-bond donors (Lipinski definition) is 1. The maximum atomic E-state index is 10.6. The highest BCUT2D eigenvalue weighted by Gasteiger charge is 2.13. The number of hydrogen-bond acceptors (Lipinski definition) is 5. The van der Waals surface area contributed by atoms with Crippen molar-refractivity contribution in [2.45, 2.75) is 13.8 Å². The lowest BCUT2D eigenvalue weighted by atomic mass is 10.4. The summed E-state index contributed by atoms with van der Waals surface area (Å²) in [5.41, 5.74) is 1.41. The molecule has 1 aromatic rings. The molecule has 6 nitrogen and oxygen atoms in total. The molecule has 1 aromatic heterocycles. The van der Waals surface area contributed by atoms with Crippen LogP contribution in [0.1, 0.15) is 11.4 Å². The number of carbonyl (C=O) groups is 1. The predicted molar refractivity (Wildman–Crippen MR) is 58.0 cm³/mol. The summed E-state index contributed by atoms with van der Waals surface area (Å²) in [6.45, 7) is 3.45. The number of rotatable bonds is 4. The van der Waals surface area contributed by atoms with Gasteiger partial charge in [0.05, 0.1) is 17.9 Å². The first-order chi connectivity index (χ1) is 7.54. The number of carboxylic acids is 1. The second-order valence-electron chi connectivity index (χ2n) is 3.24. The third-order valence-electron chi connectivity index (χ3n) is 1.97. The van der Waals surface area contributed by atoms with Gasteiger partial charge in [-0.15, -0.1) is 11.5 Å². The van der Waals surface area contributed by atoms with Crippen LogP contribution in [0.15, 0.2) is 0 Å². The van der Waals surface area contributed by atoms with Crippen molar-refractivity contribution in [3.63, 3.8) is 0 Å². The number of aryl methyl sites for hydroxylation is 2. The van der Waals surface area contributed by atoms with E-state index in [9.17, 15) is 4.79 Å². The van der Waals surface area contributed by atoms with E-state index in [1.165, 1.54) is 4.90 Å². The van der Waals surface area contributed by atoms with E-state index in [4.69, 9.17) is 11.5 Å². The molecule has 84 valence electrons. The molecule has 0 aromatic carbocycles. The molecule has 0 radical (unpaired) electrons. The normalized spacial score (nSPS) is 9.56. The van der Waals surface area contributed by atoms with E-state index in [1.54, 1.807) is 13.8 Å². The molecular formula is C10H12N4O2. The van der Waals surface area contributed by atoms with Gasteiger partial charge in [0, 0.05) is 0 Å². The smallest absolute Gasteiger partial charge is 0.323 e. The zero-order valence-corrected chi connectivity index (χ0v) is 9.14. The fourth-order valence-electron chi connectivity index (χ4n) is 1.05. The van der Waals surface area contributed by atoms with Crippen LogP contribution >= 0.6 is 0 Å². The number of aliphatic carboxylic acids is 1. The summed E-state index contributed by atoms with van der Waals surface area (Å²) in [5, 5.41) is 16.4. The monoisotopic (exact) mass is 220 g/mol. The number of anilines is 1. The summed E-state index contributed by atoms with van der Waals surface area (Å²) in [7, 11) is 0. The van der Waals surface area contributed by atoms with Gasteiger partial charge in [-0.25, -0.2) is 4.98 Å². The lowest BCUT2D eigenvalue weighted by molar-refractivity contribution is -0.135. The van der Waals surface area contributed by atoms with Gasteiger partial charge in [-0.1, -0.05) is 5.92 Å². The predicted octanol–water partition coefficient (Wildman–Crippen LogP) is 0.0126. The third-order valence-corrected chi connectivity index (χ3v) is 1.97. The second-order valence-corrected chi connectivity index (χ2v) is 3.24. The number of carboxylic acid groups (broad SMARTS) is 1. The van der Waals surface area contributed by atoms with Crippen LogP contribution in [-0.4, -0.2) is 39.3 Å². The van der Waals surface area contributed by atoms with Crippen molar-refractivity contribution in [2.24, 2.45) is 0 Å². The standard InChI is InChI=1S/C10H12N4O2/c1-4-5-14(6-9(15)16)10-11-7(2)8(3)12-13-10/h1H,5-6H2,2-3H3,(H,15,16). The van der Waals surface area contributed by atoms with E-state index < -0.39 is 5.97 Å². The molecule has 0 saturated heterocycles. The molecular weight excluding hydrogens is 208 g/mol. The molecule has 0 aliphatic heterocycles. The lowest BCUT2D eigenvalue weighted by Gasteiger charge is -2.17. The highest BCUT2D eigenvalue weighted by Crippen LogP contribution is 2.07. The highest BCUT2D eigenvalue weighted by molar-refractivity contribution is 5.72. The quantitative estimate of drug-likeness (QED) is 0.720. The zero-order chi connectivity index (χ0) is 12.1. The van der Waals surface area contributed by atoms with Gasteiger partial charge in [0.2, 0.25) is 5.95 Å². The van der Waals surface area contributed by atoms with Crippen LogP contribution < -0.4 is 4.90 Å². The van der Waals surface area contributed by atoms with Gasteiger partial charge in [0.1, 0.15) is 6.54 Å². The fourth-order valence-corrected chi connectivity index (χ4v) is 1.05. The SMILES string of the molecule is C#CCN(CC(=O)O)c1nnc(C)c(C)n1. The Hall–Kier alpha value is -2.16. The van der Waals surface area contributed by atoms with Gasteiger partial charge in [0.15, 0.2) is 0 Å². The van der Waals surface area contributed by atoms with Crippen molar-refractivity contribution in [1.29, 1.82) is 0 Å². The molecule has 0 unspecified atom stereocenters. The van der Waals surface area contributed by atoms with E-state index >= 15 is 0 Å². The van der Waals surface area contributed by atoms with E-state index in [-0.39, 0.29) is 19.0 Å². The lowest BCUT2D eigenvalue weighted by Crippen LogP contribution is -2.32. The van der Waals surface area contributed by atoms with Gasteiger partial charge in [0.25, 0.3) is 0 Å². The molecule has 0 spiro atoms. The average Bonchev–Trinajstić information content (AvgIpc) is 2.21. The fraction of sp³-hybridized carbons (Fsp3) is 0.400. The van der Waals surface area contributed by atoms with E-state index in [2.05, 4.69) is 21.1 Å². The Kier molecular flexibility index (Phi) is 3.78. The summed E-state index contributed by atoms with van der Waals surface area (Å²) in [6.07, 6.45) is 5.15. The Labute approximate surface area is 93.3 Å². The number of aromatic nitrogens is 3. The molecule has 0 bridgehead atoms. The van der Waals surface area contributed by atoms with Crippen LogP contribution in [-0.2, 0) is 4.79 Å². The summed E-state index contributed by atoms with van der Waals surface area (Å²) < 4.78 is 0. The number of terminal acetylenes is 1. The van der Waals surface area contributed by atoms with Gasteiger partial charge in [-0.05, 0) is 13.8 Å². The summed E-state index contributed by atoms with van der Waals surface area (Å²) in [4.78, 5) is 16.1.